The van der Waals surface area contributed by atoms with Gasteiger partial charge in [-0.25, -0.2) is 19.9 Å². The highest BCUT2D eigenvalue weighted by Crippen LogP contribution is 2.39. The van der Waals surface area contributed by atoms with Gasteiger partial charge in [-0.05, 0) is 74.4 Å². The Hall–Kier alpha value is -5.48. The predicted octanol–water partition coefficient (Wildman–Crippen LogP) is 5.38. The maximum atomic E-state index is 14.6. The highest BCUT2D eigenvalue weighted by molar-refractivity contribution is 5.79. The summed E-state index contributed by atoms with van der Waals surface area (Å²) in [5.74, 6) is 8.24. The van der Waals surface area contributed by atoms with Crippen LogP contribution in [-0.4, -0.2) is 81.5 Å². The van der Waals surface area contributed by atoms with E-state index in [2.05, 4.69) is 36.6 Å². The number of pyridine rings is 3. The van der Waals surface area contributed by atoms with E-state index < -0.39 is 11.7 Å². The van der Waals surface area contributed by atoms with E-state index in [1.165, 1.54) is 6.07 Å². The van der Waals surface area contributed by atoms with Gasteiger partial charge in [-0.15, -0.1) is 0 Å². The van der Waals surface area contributed by atoms with E-state index in [1.807, 2.05) is 12.1 Å². The summed E-state index contributed by atoms with van der Waals surface area (Å²) < 4.78 is 45.4. The lowest BCUT2D eigenvalue weighted by Gasteiger charge is -2.36. The Balaban J connectivity index is 1.03. The first-order chi connectivity index (χ1) is 24.2. The summed E-state index contributed by atoms with van der Waals surface area (Å²) in [6.07, 6.45) is 1.50. The molecule has 13 heteroatoms. The summed E-state index contributed by atoms with van der Waals surface area (Å²) in [6.45, 7) is 5.92. The molecule has 10 nitrogen and oxygen atoms in total. The number of aromatic nitrogens is 5. The van der Waals surface area contributed by atoms with Crippen LogP contribution >= 0.6 is 0 Å². The molecule has 2 N–H and O–H groups in total. The van der Waals surface area contributed by atoms with Crippen LogP contribution in [-0.2, 0) is 11.0 Å². The molecule has 0 radical (unpaired) electrons. The van der Waals surface area contributed by atoms with Gasteiger partial charge in [0.25, 0.3) is 0 Å². The van der Waals surface area contributed by atoms with Gasteiger partial charge in [-0.2, -0.15) is 13.2 Å². The minimum Gasteiger partial charge on any atom is -0.384 e. The molecule has 2 fully saturated rings. The van der Waals surface area contributed by atoms with Gasteiger partial charge in [-0.3, -0.25) is 9.47 Å². The van der Waals surface area contributed by atoms with E-state index >= 15 is 0 Å². The molecule has 1 aromatic carbocycles. The first kappa shape index (κ1) is 33.0. The number of hydrogen-bond acceptors (Lipinski definition) is 9. The summed E-state index contributed by atoms with van der Waals surface area (Å²) in [6, 6.07) is 15.4. The van der Waals surface area contributed by atoms with Gasteiger partial charge in [0.2, 0.25) is 0 Å². The van der Waals surface area contributed by atoms with Crippen LogP contribution in [0.1, 0.15) is 29.8 Å². The molecule has 0 amide bonds. The smallest absolute Gasteiger partial charge is 0.384 e. The second-order valence-electron chi connectivity index (χ2n) is 12.6. The number of anilines is 3. The summed E-state index contributed by atoms with van der Waals surface area (Å²) in [7, 11) is 0. The van der Waals surface area contributed by atoms with Gasteiger partial charge < -0.3 is 20.3 Å². The maximum absolute atomic E-state index is 14.6. The lowest BCUT2D eigenvalue weighted by Crippen LogP contribution is -2.47. The van der Waals surface area contributed by atoms with Crippen molar-refractivity contribution in [2.75, 3.05) is 61.3 Å². The molecule has 0 unspecified atom stereocenters. The number of halogens is 3. The third-order valence-electron chi connectivity index (χ3n) is 9.35. The van der Waals surface area contributed by atoms with Crippen molar-refractivity contribution in [2.24, 2.45) is 5.92 Å². The van der Waals surface area contributed by atoms with Crippen molar-refractivity contribution in [3.05, 3.63) is 83.9 Å². The topological polar surface area (TPSA) is 109 Å². The summed E-state index contributed by atoms with van der Waals surface area (Å²) in [4.78, 5) is 35.1. The van der Waals surface area contributed by atoms with E-state index in [0.717, 1.165) is 49.2 Å². The Labute approximate surface area is 287 Å². The number of rotatable bonds is 6. The Morgan fingerprint density at radius 1 is 0.920 bits per heavy atom. The Morgan fingerprint density at radius 2 is 1.72 bits per heavy atom. The third-order valence-corrected chi connectivity index (χ3v) is 9.35. The van der Waals surface area contributed by atoms with Crippen LogP contribution in [0.15, 0.2) is 67.0 Å². The van der Waals surface area contributed by atoms with Crippen molar-refractivity contribution < 1.29 is 18.0 Å². The number of nitrogen functional groups attached to an aromatic ring is 1. The molecule has 2 aliphatic rings. The fraction of sp³-hybridized carbons (Fsp3) is 0.324. The molecular formula is C37H36F3N9O. The molecule has 2 aliphatic heterocycles. The van der Waals surface area contributed by atoms with Gasteiger partial charge in [0.15, 0.2) is 5.65 Å². The second kappa shape index (κ2) is 13.8. The molecule has 2 saturated heterocycles. The van der Waals surface area contributed by atoms with Crippen molar-refractivity contribution in [3.63, 3.8) is 0 Å². The van der Waals surface area contributed by atoms with Crippen molar-refractivity contribution in [1.29, 1.82) is 0 Å². The lowest BCUT2D eigenvalue weighted by molar-refractivity contribution is -0.137. The molecule has 50 heavy (non-hydrogen) atoms. The molecule has 7 rings (SSSR count). The Morgan fingerprint density at radius 3 is 2.42 bits per heavy atom. The molecule has 0 aliphatic carbocycles. The van der Waals surface area contributed by atoms with E-state index in [1.54, 1.807) is 65.2 Å². The normalized spacial score (nSPS) is 16.0. The average molecular weight is 680 g/mol. The molecule has 5 aromatic rings. The van der Waals surface area contributed by atoms with Crippen LogP contribution in [0.5, 0.6) is 0 Å². The average Bonchev–Trinajstić information content (AvgIpc) is 3.46. The molecular weight excluding hydrogens is 643 g/mol. The van der Waals surface area contributed by atoms with Gasteiger partial charge in [0.1, 0.15) is 29.3 Å². The Kier molecular flexibility index (Phi) is 9.12. The number of aldehydes is 1. The maximum Gasteiger partial charge on any atom is 0.418 e. The molecule has 0 atom stereocenters. The van der Waals surface area contributed by atoms with E-state index in [0.29, 0.717) is 66.9 Å². The van der Waals surface area contributed by atoms with Gasteiger partial charge in [0, 0.05) is 80.1 Å². The van der Waals surface area contributed by atoms with Crippen LogP contribution in [0.25, 0.3) is 28.1 Å². The number of fused-ring (bicyclic) bond motifs is 1. The number of carbonyl (C=O) groups is 1. The molecule has 0 saturated carbocycles. The van der Waals surface area contributed by atoms with E-state index in [4.69, 9.17) is 10.7 Å². The number of nitrogens with zero attached hydrogens (tertiary/aromatic N) is 8. The van der Waals surface area contributed by atoms with Crippen molar-refractivity contribution in [2.45, 2.75) is 25.9 Å². The number of benzene rings is 1. The number of imidazole rings is 1. The number of nitrogens with two attached hydrogens (primary N) is 1. The van der Waals surface area contributed by atoms with Crippen LogP contribution in [0.3, 0.4) is 0 Å². The zero-order valence-corrected chi connectivity index (χ0v) is 27.6. The quantitative estimate of drug-likeness (QED) is 0.187. The highest BCUT2D eigenvalue weighted by atomic mass is 19.4. The third kappa shape index (κ3) is 6.97. The fourth-order valence-corrected chi connectivity index (χ4v) is 6.63. The van der Waals surface area contributed by atoms with E-state index in [9.17, 15) is 18.0 Å². The van der Waals surface area contributed by atoms with Crippen molar-refractivity contribution in [3.8, 4) is 28.8 Å². The predicted molar refractivity (Wildman–Crippen MR) is 187 cm³/mol. The fourth-order valence-electron chi connectivity index (χ4n) is 6.63. The van der Waals surface area contributed by atoms with Gasteiger partial charge in [-0.1, -0.05) is 11.8 Å². The Bertz CT molecular complexity index is 2070. The number of piperidine rings is 1. The zero-order valence-electron chi connectivity index (χ0n) is 27.6. The zero-order chi connectivity index (χ0) is 34.8. The summed E-state index contributed by atoms with van der Waals surface area (Å²) in [5, 5.41) is 0. The van der Waals surface area contributed by atoms with Crippen molar-refractivity contribution in [1.82, 2.24) is 29.4 Å². The lowest BCUT2D eigenvalue weighted by atomic mass is 9.99. The molecule has 4 aromatic heterocycles. The molecule has 256 valence electrons. The largest absolute Gasteiger partial charge is 0.418 e. The monoisotopic (exact) mass is 679 g/mol. The number of piperazine rings is 1. The van der Waals surface area contributed by atoms with Crippen molar-refractivity contribution >= 4 is 34.8 Å². The van der Waals surface area contributed by atoms with E-state index in [-0.39, 0.29) is 11.6 Å². The second-order valence-corrected chi connectivity index (χ2v) is 12.6. The SMILES string of the molecule is Cc1nc2ccc(-c3ccnc(N)c3)nc2n1-c1ccc(N2CCN(CC#Cc3ccc(N4CCC(C=O)CC4)nc3)CC2)c(C(F)(F)F)c1. The van der Waals surface area contributed by atoms with Crippen LogP contribution < -0.4 is 15.5 Å². The number of hydrogen-bond donors (Lipinski definition) is 1. The summed E-state index contributed by atoms with van der Waals surface area (Å²) in [5.41, 5.74) is 8.83. The molecule has 0 spiro atoms. The summed E-state index contributed by atoms with van der Waals surface area (Å²) >= 11 is 0. The highest BCUT2D eigenvalue weighted by Gasteiger charge is 2.36. The minimum absolute atomic E-state index is 0.135. The molecule has 0 bridgehead atoms. The number of aryl methyl sites for hydroxylation is 1. The molecule has 6 heterocycles. The van der Waals surface area contributed by atoms with Gasteiger partial charge >= 0.3 is 6.18 Å². The van der Waals surface area contributed by atoms with Gasteiger partial charge in [0.05, 0.1) is 17.8 Å². The van der Waals surface area contributed by atoms with Crippen LogP contribution in [0, 0.1) is 24.7 Å². The standard InChI is InChI=1S/C37H36F3N9O/c1-25-44-32-7-6-31(28-10-13-42-34(41)21-28)45-36(32)49(25)29-5-8-33(30(22-29)37(38,39)40)47-19-17-46(18-20-47)14-2-3-26-4-9-35(43-23-26)48-15-11-27(24-50)12-16-48/h4-10,13,21-24,27H,11-12,14-20H2,1H3,(H2,41,42). The first-order valence-corrected chi connectivity index (χ1v) is 16.6. The first-order valence-electron chi connectivity index (χ1n) is 16.6. The minimum atomic E-state index is -4.57. The van der Waals surface area contributed by atoms with Crippen LogP contribution in [0.4, 0.5) is 30.5 Å². The van der Waals surface area contributed by atoms with Crippen LogP contribution in [0.2, 0.25) is 0 Å². The number of carbonyl (C=O) groups excluding carboxylic acids is 1. The number of alkyl halides is 3.